The van der Waals surface area contributed by atoms with Gasteiger partial charge in [-0.3, -0.25) is 0 Å². The minimum Gasteiger partial charge on any atom is -0.337 e. The van der Waals surface area contributed by atoms with Crippen molar-refractivity contribution < 1.29 is 4.79 Å². The molecular formula is C18H22N2OS. The molecule has 0 bridgehead atoms. The van der Waals surface area contributed by atoms with Gasteiger partial charge in [-0.05, 0) is 42.8 Å². The van der Waals surface area contributed by atoms with Gasteiger partial charge in [0, 0.05) is 22.5 Å². The molecule has 1 aliphatic carbocycles. The van der Waals surface area contributed by atoms with Crippen LogP contribution in [-0.4, -0.2) is 12.6 Å². The van der Waals surface area contributed by atoms with Crippen LogP contribution in [0.3, 0.4) is 0 Å². The first-order chi connectivity index (χ1) is 10.7. The maximum absolute atomic E-state index is 12.2. The van der Waals surface area contributed by atoms with Crippen LogP contribution in [-0.2, 0) is 5.41 Å². The second-order valence-electron chi connectivity index (χ2n) is 6.09. The zero-order valence-corrected chi connectivity index (χ0v) is 13.7. The summed E-state index contributed by atoms with van der Waals surface area (Å²) >= 11 is 1.81. The van der Waals surface area contributed by atoms with E-state index in [1.807, 2.05) is 31.2 Å². The summed E-state index contributed by atoms with van der Waals surface area (Å²) in [6, 6.07) is 12.0. The number of anilines is 1. The van der Waals surface area contributed by atoms with Crippen LogP contribution in [0.2, 0.25) is 0 Å². The Kier molecular flexibility index (Phi) is 4.48. The highest BCUT2D eigenvalue weighted by Crippen LogP contribution is 2.42. The van der Waals surface area contributed by atoms with Gasteiger partial charge in [-0.25, -0.2) is 4.79 Å². The fraction of sp³-hybridized carbons (Fsp3) is 0.389. The van der Waals surface area contributed by atoms with Crippen molar-refractivity contribution in [1.82, 2.24) is 5.32 Å². The normalized spacial score (nSPS) is 16.4. The fourth-order valence-electron chi connectivity index (χ4n) is 3.27. The predicted octanol–water partition coefficient (Wildman–Crippen LogP) is 4.69. The molecule has 2 aromatic rings. The molecule has 2 N–H and O–H groups in total. The summed E-state index contributed by atoms with van der Waals surface area (Å²) in [5.74, 6) is 0. The fourth-order valence-corrected chi connectivity index (χ4v) is 4.26. The third-order valence-corrected chi connectivity index (χ3v) is 5.70. The van der Waals surface area contributed by atoms with Gasteiger partial charge >= 0.3 is 6.03 Å². The van der Waals surface area contributed by atoms with Crippen LogP contribution < -0.4 is 10.6 Å². The number of rotatable bonds is 4. The lowest BCUT2D eigenvalue weighted by molar-refractivity contribution is 0.248. The Labute approximate surface area is 135 Å². The Morgan fingerprint density at radius 3 is 2.64 bits per heavy atom. The standard InChI is InChI=1S/C18H22N2OS/c1-14-7-2-3-8-15(14)20-17(21)19-13-18(10-4-5-11-18)16-9-6-12-22-16/h2-3,6-9,12H,4-5,10-11,13H2,1H3,(H2,19,20,21). The molecule has 1 fully saturated rings. The minimum atomic E-state index is -0.114. The van der Waals surface area contributed by atoms with Crippen LogP contribution in [0.15, 0.2) is 41.8 Å². The first-order valence-corrected chi connectivity index (χ1v) is 8.72. The van der Waals surface area contributed by atoms with Gasteiger partial charge in [0.2, 0.25) is 0 Å². The van der Waals surface area contributed by atoms with Crippen LogP contribution in [0.5, 0.6) is 0 Å². The number of carbonyl (C=O) groups is 1. The Hall–Kier alpha value is -1.81. The zero-order chi connectivity index (χ0) is 15.4. The van der Waals surface area contributed by atoms with E-state index in [1.54, 1.807) is 11.3 Å². The number of urea groups is 1. The number of nitrogens with one attached hydrogen (secondary N) is 2. The Morgan fingerprint density at radius 2 is 1.95 bits per heavy atom. The smallest absolute Gasteiger partial charge is 0.319 e. The molecule has 1 saturated carbocycles. The molecule has 0 unspecified atom stereocenters. The molecule has 2 amide bonds. The van der Waals surface area contributed by atoms with Crippen molar-refractivity contribution >= 4 is 23.1 Å². The summed E-state index contributed by atoms with van der Waals surface area (Å²) in [5, 5.41) is 8.16. The molecule has 0 aliphatic heterocycles. The minimum absolute atomic E-state index is 0.114. The summed E-state index contributed by atoms with van der Waals surface area (Å²) in [6.45, 7) is 2.71. The average Bonchev–Trinajstić information content (AvgIpc) is 3.19. The lowest BCUT2D eigenvalue weighted by Crippen LogP contribution is -2.40. The van der Waals surface area contributed by atoms with Gasteiger partial charge < -0.3 is 10.6 Å². The average molecular weight is 314 g/mol. The first kappa shape index (κ1) is 15.1. The van der Waals surface area contributed by atoms with Gasteiger partial charge in [0.05, 0.1) is 0 Å². The molecule has 0 saturated heterocycles. The molecule has 0 radical (unpaired) electrons. The van der Waals surface area contributed by atoms with Crippen molar-refractivity contribution in [3.63, 3.8) is 0 Å². The summed E-state index contributed by atoms with van der Waals surface area (Å²) in [7, 11) is 0. The molecule has 0 spiro atoms. The van der Waals surface area contributed by atoms with Crippen LogP contribution in [0, 0.1) is 6.92 Å². The summed E-state index contributed by atoms with van der Waals surface area (Å²) in [4.78, 5) is 13.6. The van der Waals surface area contributed by atoms with E-state index in [0.717, 1.165) is 24.1 Å². The van der Waals surface area contributed by atoms with Crippen molar-refractivity contribution in [3.8, 4) is 0 Å². The molecule has 1 aromatic heterocycles. The van der Waals surface area contributed by atoms with Gasteiger partial charge in [-0.15, -0.1) is 11.3 Å². The van der Waals surface area contributed by atoms with E-state index in [1.165, 1.54) is 17.7 Å². The number of aryl methyl sites for hydroxylation is 1. The Morgan fingerprint density at radius 1 is 1.18 bits per heavy atom. The van der Waals surface area contributed by atoms with Crippen molar-refractivity contribution in [3.05, 3.63) is 52.2 Å². The molecule has 3 rings (SSSR count). The van der Waals surface area contributed by atoms with Crippen molar-refractivity contribution in [2.24, 2.45) is 0 Å². The molecule has 0 atom stereocenters. The Bertz CT molecular complexity index is 630. The quantitative estimate of drug-likeness (QED) is 0.844. The molecule has 116 valence electrons. The van der Waals surface area contributed by atoms with Crippen molar-refractivity contribution in [2.75, 3.05) is 11.9 Å². The van der Waals surface area contributed by atoms with Gasteiger partial charge in [0.25, 0.3) is 0 Å². The largest absolute Gasteiger partial charge is 0.337 e. The molecule has 1 aliphatic rings. The summed E-state index contributed by atoms with van der Waals surface area (Å²) < 4.78 is 0. The molecular weight excluding hydrogens is 292 g/mol. The third kappa shape index (κ3) is 3.17. The monoisotopic (exact) mass is 314 g/mol. The van der Waals surface area contributed by atoms with Crippen LogP contribution in [0.4, 0.5) is 10.5 Å². The third-order valence-electron chi connectivity index (χ3n) is 4.59. The Balaban J connectivity index is 1.63. The second-order valence-corrected chi connectivity index (χ2v) is 7.04. The number of hydrogen-bond acceptors (Lipinski definition) is 2. The zero-order valence-electron chi connectivity index (χ0n) is 12.9. The van der Waals surface area contributed by atoms with E-state index in [-0.39, 0.29) is 11.4 Å². The molecule has 3 nitrogen and oxygen atoms in total. The van der Waals surface area contributed by atoms with E-state index in [0.29, 0.717) is 6.54 Å². The predicted molar refractivity (Wildman–Crippen MR) is 92.7 cm³/mol. The molecule has 4 heteroatoms. The highest BCUT2D eigenvalue weighted by Gasteiger charge is 2.36. The number of amides is 2. The maximum Gasteiger partial charge on any atom is 0.319 e. The number of benzene rings is 1. The molecule has 1 aromatic carbocycles. The van der Waals surface area contributed by atoms with Crippen molar-refractivity contribution in [2.45, 2.75) is 38.0 Å². The van der Waals surface area contributed by atoms with E-state index < -0.39 is 0 Å². The van der Waals surface area contributed by atoms with E-state index in [2.05, 4.69) is 28.1 Å². The van der Waals surface area contributed by atoms with Crippen LogP contribution in [0.1, 0.15) is 36.1 Å². The van der Waals surface area contributed by atoms with E-state index in [9.17, 15) is 4.79 Å². The van der Waals surface area contributed by atoms with E-state index >= 15 is 0 Å². The molecule has 1 heterocycles. The van der Waals surface area contributed by atoms with Gasteiger partial charge in [0.15, 0.2) is 0 Å². The topological polar surface area (TPSA) is 41.1 Å². The van der Waals surface area contributed by atoms with Gasteiger partial charge in [-0.1, -0.05) is 37.1 Å². The van der Waals surface area contributed by atoms with Crippen LogP contribution >= 0.6 is 11.3 Å². The van der Waals surface area contributed by atoms with Crippen molar-refractivity contribution in [1.29, 1.82) is 0 Å². The second kappa shape index (κ2) is 6.53. The van der Waals surface area contributed by atoms with Gasteiger partial charge in [-0.2, -0.15) is 0 Å². The number of hydrogen-bond donors (Lipinski definition) is 2. The highest BCUT2D eigenvalue weighted by atomic mass is 32.1. The first-order valence-electron chi connectivity index (χ1n) is 7.84. The van der Waals surface area contributed by atoms with Crippen LogP contribution in [0.25, 0.3) is 0 Å². The highest BCUT2D eigenvalue weighted by molar-refractivity contribution is 7.10. The maximum atomic E-state index is 12.2. The number of thiophene rings is 1. The SMILES string of the molecule is Cc1ccccc1NC(=O)NCC1(c2cccs2)CCCC1. The number of para-hydroxylation sites is 1. The lowest BCUT2D eigenvalue weighted by atomic mass is 9.84. The summed E-state index contributed by atoms with van der Waals surface area (Å²) in [5.41, 5.74) is 2.08. The van der Waals surface area contributed by atoms with Gasteiger partial charge in [0.1, 0.15) is 0 Å². The summed E-state index contributed by atoms with van der Waals surface area (Å²) in [6.07, 6.45) is 4.83. The number of carbonyl (C=O) groups excluding carboxylic acids is 1. The lowest BCUT2D eigenvalue weighted by Gasteiger charge is -2.28. The van der Waals surface area contributed by atoms with E-state index in [4.69, 9.17) is 0 Å². The molecule has 22 heavy (non-hydrogen) atoms.